The van der Waals surface area contributed by atoms with Crippen molar-refractivity contribution in [3.63, 3.8) is 0 Å². The van der Waals surface area contributed by atoms with Gasteiger partial charge in [0.15, 0.2) is 5.96 Å². The Morgan fingerprint density at radius 3 is 2.46 bits per heavy atom. The molecule has 0 radical (unpaired) electrons. The Labute approximate surface area is 175 Å². The van der Waals surface area contributed by atoms with E-state index in [1.54, 1.807) is 7.11 Å². The Bertz CT molecular complexity index is 533. The van der Waals surface area contributed by atoms with Crippen molar-refractivity contribution >= 4 is 29.9 Å². The lowest BCUT2D eigenvalue weighted by atomic mass is 10.1. The average molecular weight is 478 g/mol. The summed E-state index contributed by atoms with van der Waals surface area (Å²) < 4.78 is 11.1. The van der Waals surface area contributed by atoms with Crippen molar-refractivity contribution in [3.05, 3.63) is 24.3 Å². The second kappa shape index (κ2) is 13.0. The second-order valence-corrected chi connectivity index (χ2v) is 6.93. The number of hydrogen-bond donors (Lipinski definition) is 3. The van der Waals surface area contributed by atoms with Gasteiger partial charge in [-0.25, -0.2) is 4.99 Å². The molecule has 3 N–H and O–H groups in total. The zero-order chi connectivity index (χ0) is 18.7. The summed E-state index contributed by atoms with van der Waals surface area (Å²) in [5.41, 5.74) is 0.121. The van der Waals surface area contributed by atoms with Gasteiger partial charge < -0.3 is 25.4 Å². The van der Waals surface area contributed by atoms with Crippen molar-refractivity contribution in [1.82, 2.24) is 16.0 Å². The van der Waals surface area contributed by atoms with Crippen LogP contribution >= 0.6 is 24.0 Å². The van der Waals surface area contributed by atoms with Crippen LogP contribution in [0.25, 0.3) is 0 Å². The van der Waals surface area contributed by atoms with Crippen LogP contribution in [0.15, 0.2) is 29.3 Å². The van der Waals surface area contributed by atoms with Gasteiger partial charge in [0.1, 0.15) is 17.6 Å². The molecule has 0 heterocycles. The molecule has 0 aliphatic carbocycles. The number of ether oxygens (including phenoxy) is 2. The summed E-state index contributed by atoms with van der Waals surface area (Å²) in [5.74, 6) is 2.38. The average Bonchev–Trinajstić information content (AvgIpc) is 2.55. The van der Waals surface area contributed by atoms with E-state index in [-0.39, 0.29) is 35.6 Å². The van der Waals surface area contributed by atoms with Gasteiger partial charge in [0.25, 0.3) is 0 Å². The maximum atomic E-state index is 5.90. The Morgan fingerprint density at radius 2 is 1.85 bits per heavy atom. The fraction of sp³-hybridized carbons (Fsp3) is 0.632. The highest BCUT2D eigenvalue weighted by Crippen LogP contribution is 2.19. The van der Waals surface area contributed by atoms with Gasteiger partial charge in [0.05, 0.1) is 13.7 Å². The molecular formula is C19H35IN4O2. The van der Waals surface area contributed by atoms with Crippen molar-refractivity contribution in [2.24, 2.45) is 4.99 Å². The summed E-state index contributed by atoms with van der Waals surface area (Å²) in [4.78, 5) is 4.60. The molecule has 26 heavy (non-hydrogen) atoms. The lowest BCUT2D eigenvalue weighted by Gasteiger charge is -2.21. The fourth-order valence-corrected chi connectivity index (χ4v) is 2.12. The topological polar surface area (TPSA) is 66.9 Å². The van der Waals surface area contributed by atoms with E-state index in [9.17, 15) is 0 Å². The highest BCUT2D eigenvalue weighted by atomic mass is 127. The minimum absolute atomic E-state index is 0. The minimum atomic E-state index is -0.0322. The molecular weight excluding hydrogens is 443 g/mol. The summed E-state index contributed by atoms with van der Waals surface area (Å²) >= 11 is 0. The van der Waals surface area contributed by atoms with Crippen LogP contribution in [-0.4, -0.2) is 50.9 Å². The molecule has 0 aromatic heterocycles. The predicted octanol–water partition coefficient (Wildman–Crippen LogP) is 3.02. The van der Waals surface area contributed by atoms with Gasteiger partial charge in [-0.3, -0.25) is 0 Å². The standard InChI is InChI=1S/C19H34N4O2.HI/c1-7-20-18(21-11-12-23-19(3,4)5)22-14-15(2)25-17-10-8-9-16(13-17)24-6;/h8-10,13,15,23H,7,11-12,14H2,1-6H3,(H2,20,21,22);1H. The van der Waals surface area contributed by atoms with Gasteiger partial charge in [0.2, 0.25) is 0 Å². The SMILES string of the molecule is CCNC(=NCC(C)Oc1cccc(OC)c1)NCCNC(C)(C)C.I. The third kappa shape index (κ3) is 11.4. The molecule has 1 rings (SSSR count). The van der Waals surface area contributed by atoms with Crippen LogP contribution in [0.5, 0.6) is 11.5 Å². The number of rotatable bonds is 9. The van der Waals surface area contributed by atoms with Crippen LogP contribution in [0.2, 0.25) is 0 Å². The molecule has 0 fully saturated rings. The smallest absolute Gasteiger partial charge is 0.191 e. The number of aliphatic imine (C=N–C) groups is 1. The molecule has 0 bridgehead atoms. The van der Waals surface area contributed by atoms with Crippen molar-refractivity contribution in [2.75, 3.05) is 33.3 Å². The predicted molar refractivity (Wildman–Crippen MR) is 120 cm³/mol. The summed E-state index contributed by atoms with van der Waals surface area (Å²) in [6, 6.07) is 7.61. The molecule has 0 aliphatic rings. The van der Waals surface area contributed by atoms with E-state index in [1.807, 2.05) is 31.2 Å². The number of nitrogens with zero attached hydrogens (tertiary/aromatic N) is 1. The van der Waals surface area contributed by atoms with Crippen LogP contribution in [0.3, 0.4) is 0 Å². The van der Waals surface area contributed by atoms with E-state index in [2.05, 4.69) is 48.6 Å². The third-order valence-corrected chi connectivity index (χ3v) is 3.30. The lowest BCUT2D eigenvalue weighted by Crippen LogP contribution is -2.44. The molecule has 0 spiro atoms. The summed E-state index contributed by atoms with van der Waals surface area (Å²) in [7, 11) is 1.65. The first-order valence-electron chi connectivity index (χ1n) is 8.92. The molecule has 1 atom stereocenters. The van der Waals surface area contributed by atoms with E-state index in [4.69, 9.17) is 9.47 Å². The number of hydrogen-bond acceptors (Lipinski definition) is 4. The van der Waals surface area contributed by atoms with Crippen molar-refractivity contribution < 1.29 is 9.47 Å². The first-order valence-corrected chi connectivity index (χ1v) is 8.92. The molecule has 0 aliphatic heterocycles. The van der Waals surface area contributed by atoms with Crippen molar-refractivity contribution in [1.29, 1.82) is 0 Å². The maximum absolute atomic E-state index is 5.90. The number of guanidine groups is 1. The van der Waals surface area contributed by atoms with E-state index in [0.717, 1.165) is 37.1 Å². The van der Waals surface area contributed by atoms with E-state index >= 15 is 0 Å². The Kier molecular flexibility index (Phi) is 12.4. The molecule has 150 valence electrons. The van der Waals surface area contributed by atoms with Gasteiger partial charge in [0, 0.05) is 31.2 Å². The fourth-order valence-electron chi connectivity index (χ4n) is 2.12. The van der Waals surface area contributed by atoms with Crippen LogP contribution in [0.1, 0.15) is 34.6 Å². The van der Waals surface area contributed by atoms with Crippen LogP contribution in [0.4, 0.5) is 0 Å². The molecule has 1 aromatic rings. The normalized spacial score (nSPS) is 12.8. The first kappa shape index (κ1) is 24.8. The zero-order valence-corrected chi connectivity index (χ0v) is 19.2. The Morgan fingerprint density at radius 1 is 1.15 bits per heavy atom. The molecule has 0 saturated heterocycles. The van der Waals surface area contributed by atoms with Crippen LogP contribution in [-0.2, 0) is 0 Å². The molecule has 6 nitrogen and oxygen atoms in total. The number of methoxy groups -OCH3 is 1. The summed E-state index contributed by atoms with van der Waals surface area (Å²) in [5, 5.41) is 10.0. The van der Waals surface area contributed by atoms with Crippen LogP contribution < -0.4 is 25.4 Å². The molecule has 0 saturated carbocycles. The monoisotopic (exact) mass is 478 g/mol. The molecule has 1 aromatic carbocycles. The quantitative estimate of drug-likeness (QED) is 0.221. The minimum Gasteiger partial charge on any atom is -0.497 e. The highest BCUT2D eigenvalue weighted by Gasteiger charge is 2.08. The van der Waals surface area contributed by atoms with E-state index in [0.29, 0.717) is 6.54 Å². The third-order valence-electron chi connectivity index (χ3n) is 3.30. The van der Waals surface area contributed by atoms with Crippen molar-refractivity contribution in [3.8, 4) is 11.5 Å². The highest BCUT2D eigenvalue weighted by molar-refractivity contribution is 14.0. The Hall–Kier alpha value is -1.22. The van der Waals surface area contributed by atoms with Gasteiger partial charge in [-0.2, -0.15) is 0 Å². The molecule has 0 amide bonds. The largest absolute Gasteiger partial charge is 0.497 e. The van der Waals surface area contributed by atoms with E-state index < -0.39 is 0 Å². The van der Waals surface area contributed by atoms with Gasteiger partial charge in [-0.1, -0.05) is 6.07 Å². The van der Waals surface area contributed by atoms with Crippen LogP contribution in [0, 0.1) is 0 Å². The van der Waals surface area contributed by atoms with Crippen molar-refractivity contribution in [2.45, 2.75) is 46.3 Å². The van der Waals surface area contributed by atoms with Gasteiger partial charge >= 0.3 is 0 Å². The number of halogens is 1. The summed E-state index contributed by atoms with van der Waals surface area (Å²) in [6.45, 7) is 13.6. The molecule has 7 heteroatoms. The van der Waals surface area contributed by atoms with Gasteiger partial charge in [-0.05, 0) is 46.8 Å². The maximum Gasteiger partial charge on any atom is 0.191 e. The van der Waals surface area contributed by atoms with Gasteiger partial charge in [-0.15, -0.1) is 24.0 Å². The molecule has 1 unspecified atom stereocenters. The Balaban J connectivity index is 0.00000625. The lowest BCUT2D eigenvalue weighted by molar-refractivity contribution is 0.229. The summed E-state index contributed by atoms with van der Waals surface area (Å²) in [6.07, 6.45) is -0.0322. The number of benzene rings is 1. The zero-order valence-electron chi connectivity index (χ0n) is 16.9. The number of nitrogens with one attached hydrogen (secondary N) is 3. The first-order chi connectivity index (χ1) is 11.8. The van der Waals surface area contributed by atoms with E-state index in [1.165, 1.54) is 0 Å². The second-order valence-electron chi connectivity index (χ2n) is 6.93.